The summed E-state index contributed by atoms with van der Waals surface area (Å²) in [5.74, 6) is -0.0593. The summed E-state index contributed by atoms with van der Waals surface area (Å²) in [6.45, 7) is 4.83. The van der Waals surface area contributed by atoms with Crippen LogP contribution in [0.1, 0.15) is 39.0 Å². The van der Waals surface area contributed by atoms with Crippen molar-refractivity contribution in [1.29, 1.82) is 0 Å². The number of nitrogens with one attached hydrogen (secondary N) is 1. The predicted octanol–water partition coefficient (Wildman–Crippen LogP) is 0.816. The summed E-state index contributed by atoms with van der Waals surface area (Å²) in [7, 11) is 0. The smallest absolute Gasteiger partial charge is 0.236 e. The van der Waals surface area contributed by atoms with E-state index < -0.39 is 0 Å². The Kier molecular flexibility index (Phi) is 7.96. The topological polar surface area (TPSA) is 73.6 Å². The molecule has 1 unspecified atom stereocenters. The maximum atomic E-state index is 11.5. The number of hydrogen-bond acceptors (Lipinski definition) is 4. The standard InChI is InChI=1S/C13H26N2O3/c1-2-5-12(14)13(16)15-7-4-8-17-10-11-6-3-9-18-11/h11-12H,2-10,14H2,1H3,(H,15,16)/t11?,12-/m0/s1. The second-order valence-electron chi connectivity index (χ2n) is 4.75. The molecule has 2 atom stereocenters. The van der Waals surface area contributed by atoms with Gasteiger partial charge in [0.15, 0.2) is 0 Å². The normalized spacial score (nSPS) is 20.9. The van der Waals surface area contributed by atoms with Crippen molar-refractivity contribution in [2.24, 2.45) is 5.73 Å². The highest BCUT2D eigenvalue weighted by Gasteiger charge is 2.15. The fourth-order valence-electron chi connectivity index (χ4n) is 1.95. The Bertz CT molecular complexity index is 230. The van der Waals surface area contributed by atoms with E-state index in [0.717, 1.165) is 38.7 Å². The molecule has 5 heteroatoms. The maximum Gasteiger partial charge on any atom is 0.236 e. The van der Waals surface area contributed by atoms with Gasteiger partial charge in [-0.25, -0.2) is 0 Å². The van der Waals surface area contributed by atoms with Crippen molar-refractivity contribution >= 4 is 5.91 Å². The van der Waals surface area contributed by atoms with Gasteiger partial charge in [0.25, 0.3) is 0 Å². The Labute approximate surface area is 109 Å². The monoisotopic (exact) mass is 258 g/mol. The van der Waals surface area contributed by atoms with Gasteiger partial charge >= 0.3 is 0 Å². The number of hydrogen-bond donors (Lipinski definition) is 2. The molecule has 1 heterocycles. The first-order valence-electron chi connectivity index (χ1n) is 6.96. The Morgan fingerprint density at radius 1 is 1.61 bits per heavy atom. The molecular weight excluding hydrogens is 232 g/mol. The molecule has 0 bridgehead atoms. The van der Waals surface area contributed by atoms with Crippen LogP contribution in [0.25, 0.3) is 0 Å². The van der Waals surface area contributed by atoms with Crippen LogP contribution in [0.3, 0.4) is 0 Å². The summed E-state index contributed by atoms with van der Waals surface area (Å²) < 4.78 is 10.9. The Morgan fingerprint density at radius 2 is 2.44 bits per heavy atom. The van der Waals surface area contributed by atoms with Gasteiger partial charge in [0, 0.05) is 19.8 Å². The highest BCUT2D eigenvalue weighted by atomic mass is 16.5. The lowest BCUT2D eigenvalue weighted by Gasteiger charge is -2.12. The van der Waals surface area contributed by atoms with Crippen LogP contribution in [-0.4, -0.2) is 44.4 Å². The minimum atomic E-state index is -0.372. The zero-order valence-corrected chi connectivity index (χ0v) is 11.3. The van der Waals surface area contributed by atoms with E-state index in [9.17, 15) is 4.79 Å². The highest BCUT2D eigenvalue weighted by molar-refractivity contribution is 5.81. The van der Waals surface area contributed by atoms with Crippen molar-refractivity contribution in [1.82, 2.24) is 5.32 Å². The predicted molar refractivity (Wildman–Crippen MR) is 70.3 cm³/mol. The first-order valence-corrected chi connectivity index (χ1v) is 6.96. The van der Waals surface area contributed by atoms with Crippen LogP contribution in [0.4, 0.5) is 0 Å². The summed E-state index contributed by atoms with van der Waals surface area (Å²) in [5.41, 5.74) is 5.69. The highest BCUT2D eigenvalue weighted by Crippen LogP contribution is 2.11. The van der Waals surface area contributed by atoms with Crippen molar-refractivity contribution < 1.29 is 14.3 Å². The van der Waals surface area contributed by atoms with Gasteiger partial charge < -0.3 is 20.5 Å². The SMILES string of the molecule is CCC[C@H](N)C(=O)NCCCOCC1CCCO1. The van der Waals surface area contributed by atoms with Crippen LogP contribution in [0.2, 0.25) is 0 Å². The maximum absolute atomic E-state index is 11.5. The van der Waals surface area contributed by atoms with E-state index in [0.29, 0.717) is 19.8 Å². The van der Waals surface area contributed by atoms with E-state index in [2.05, 4.69) is 5.32 Å². The minimum Gasteiger partial charge on any atom is -0.379 e. The van der Waals surface area contributed by atoms with Gasteiger partial charge in [-0.2, -0.15) is 0 Å². The molecule has 0 radical (unpaired) electrons. The van der Waals surface area contributed by atoms with Crippen LogP contribution >= 0.6 is 0 Å². The van der Waals surface area contributed by atoms with E-state index in [1.807, 2.05) is 6.92 Å². The molecule has 1 aliphatic heterocycles. The van der Waals surface area contributed by atoms with Gasteiger partial charge in [-0.15, -0.1) is 0 Å². The van der Waals surface area contributed by atoms with Crippen LogP contribution in [0.15, 0.2) is 0 Å². The molecule has 1 rings (SSSR count). The van der Waals surface area contributed by atoms with E-state index in [-0.39, 0.29) is 18.1 Å². The molecular formula is C13H26N2O3. The molecule has 3 N–H and O–H groups in total. The van der Waals surface area contributed by atoms with E-state index in [1.165, 1.54) is 0 Å². The fourth-order valence-corrected chi connectivity index (χ4v) is 1.95. The summed E-state index contributed by atoms with van der Waals surface area (Å²) in [6, 6.07) is -0.372. The number of nitrogens with two attached hydrogens (primary N) is 1. The molecule has 0 aromatic heterocycles. The third kappa shape index (κ3) is 6.33. The second-order valence-corrected chi connectivity index (χ2v) is 4.75. The van der Waals surface area contributed by atoms with Gasteiger partial charge in [-0.3, -0.25) is 4.79 Å². The van der Waals surface area contributed by atoms with Crippen molar-refractivity contribution in [3.05, 3.63) is 0 Å². The number of amides is 1. The van der Waals surface area contributed by atoms with Crippen molar-refractivity contribution in [3.8, 4) is 0 Å². The lowest BCUT2D eigenvalue weighted by molar-refractivity contribution is -0.122. The first-order chi connectivity index (χ1) is 8.74. The molecule has 1 saturated heterocycles. The molecule has 0 spiro atoms. The second kappa shape index (κ2) is 9.30. The van der Waals surface area contributed by atoms with Gasteiger partial charge in [0.2, 0.25) is 5.91 Å². The van der Waals surface area contributed by atoms with E-state index >= 15 is 0 Å². The van der Waals surface area contributed by atoms with Gasteiger partial charge in [0.05, 0.1) is 18.8 Å². The van der Waals surface area contributed by atoms with E-state index in [4.69, 9.17) is 15.2 Å². The summed E-state index contributed by atoms with van der Waals surface area (Å²) in [6.07, 6.45) is 5.00. The molecule has 1 fully saturated rings. The molecule has 5 nitrogen and oxygen atoms in total. The lowest BCUT2D eigenvalue weighted by Crippen LogP contribution is -2.41. The lowest BCUT2D eigenvalue weighted by atomic mass is 10.2. The van der Waals surface area contributed by atoms with Crippen molar-refractivity contribution in [2.45, 2.75) is 51.2 Å². The third-order valence-corrected chi connectivity index (χ3v) is 3.03. The molecule has 0 aromatic rings. The van der Waals surface area contributed by atoms with Crippen LogP contribution in [0.5, 0.6) is 0 Å². The van der Waals surface area contributed by atoms with Crippen molar-refractivity contribution in [3.63, 3.8) is 0 Å². The summed E-state index contributed by atoms with van der Waals surface area (Å²) in [5, 5.41) is 2.82. The van der Waals surface area contributed by atoms with Crippen molar-refractivity contribution in [2.75, 3.05) is 26.4 Å². The number of ether oxygens (including phenoxy) is 2. The zero-order chi connectivity index (χ0) is 13.2. The van der Waals surface area contributed by atoms with Gasteiger partial charge in [-0.1, -0.05) is 13.3 Å². The summed E-state index contributed by atoms with van der Waals surface area (Å²) in [4.78, 5) is 11.5. The summed E-state index contributed by atoms with van der Waals surface area (Å²) >= 11 is 0. The molecule has 106 valence electrons. The number of rotatable bonds is 9. The van der Waals surface area contributed by atoms with Gasteiger partial charge in [0.1, 0.15) is 0 Å². The largest absolute Gasteiger partial charge is 0.379 e. The molecule has 1 aliphatic rings. The van der Waals surface area contributed by atoms with Crippen LogP contribution < -0.4 is 11.1 Å². The fraction of sp³-hybridized carbons (Fsp3) is 0.923. The number of carbonyl (C=O) groups is 1. The van der Waals surface area contributed by atoms with Crippen LogP contribution in [-0.2, 0) is 14.3 Å². The number of carbonyl (C=O) groups excluding carboxylic acids is 1. The third-order valence-electron chi connectivity index (χ3n) is 3.03. The quantitative estimate of drug-likeness (QED) is 0.600. The molecule has 0 aromatic carbocycles. The Morgan fingerprint density at radius 3 is 3.11 bits per heavy atom. The van der Waals surface area contributed by atoms with Crippen LogP contribution in [0, 0.1) is 0 Å². The average molecular weight is 258 g/mol. The molecule has 18 heavy (non-hydrogen) atoms. The first kappa shape index (κ1) is 15.4. The molecule has 0 saturated carbocycles. The molecule has 0 aliphatic carbocycles. The Balaban J connectivity index is 1.89. The average Bonchev–Trinajstić information content (AvgIpc) is 2.86. The van der Waals surface area contributed by atoms with E-state index in [1.54, 1.807) is 0 Å². The van der Waals surface area contributed by atoms with Gasteiger partial charge in [-0.05, 0) is 25.7 Å². The minimum absolute atomic E-state index is 0.0593. The molecule has 1 amide bonds. The zero-order valence-electron chi connectivity index (χ0n) is 11.3. The Hall–Kier alpha value is -0.650.